The highest BCUT2D eigenvalue weighted by Gasteiger charge is 2.00. The molecular weight excluding hydrogens is 228 g/mol. The fourth-order valence-electron chi connectivity index (χ4n) is 0.995. The van der Waals surface area contributed by atoms with E-state index in [1.54, 1.807) is 0 Å². The molecule has 0 atom stereocenters. The van der Waals surface area contributed by atoms with E-state index in [1.807, 2.05) is 30.3 Å². The first kappa shape index (κ1) is 14.2. The Bertz CT molecular complexity index is 353. The number of aliphatic imine (C=N–C) groups is 1. The van der Waals surface area contributed by atoms with Crippen LogP contribution in [-0.4, -0.2) is 19.0 Å². The standard InChI is InChI=1S/C10H14N4O.ClH/c1-12-9(11)14-10(15)13-7-8-5-3-2-4-6-8;/h2-6H,7H2,1H3,(H4,11,12,13,14,15);1H. The third-order valence-electron chi connectivity index (χ3n) is 1.78. The smallest absolute Gasteiger partial charge is 0.321 e. The highest BCUT2D eigenvalue weighted by atomic mass is 35.5. The molecule has 5 nitrogen and oxygen atoms in total. The minimum Gasteiger partial charge on any atom is -0.370 e. The lowest BCUT2D eigenvalue weighted by Crippen LogP contribution is -2.42. The van der Waals surface area contributed by atoms with Crippen LogP contribution in [0.25, 0.3) is 0 Å². The Kier molecular flexibility index (Phi) is 6.71. The minimum atomic E-state index is -0.359. The van der Waals surface area contributed by atoms with Crippen molar-refractivity contribution in [1.82, 2.24) is 10.6 Å². The molecule has 0 aromatic heterocycles. The van der Waals surface area contributed by atoms with Crippen molar-refractivity contribution in [2.45, 2.75) is 6.54 Å². The molecule has 0 heterocycles. The van der Waals surface area contributed by atoms with Crippen molar-refractivity contribution in [3.63, 3.8) is 0 Å². The van der Waals surface area contributed by atoms with Crippen LogP contribution in [0.1, 0.15) is 5.56 Å². The molecule has 88 valence electrons. The number of nitrogens with zero attached hydrogens (tertiary/aromatic N) is 1. The molecule has 0 radical (unpaired) electrons. The van der Waals surface area contributed by atoms with Gasteiger partial charge in [0, 0.05) is 13.6 Å². The second kappa shape index (κ2) is 7.53. The van der Waals surface area contributed by atoms with Crippen LogP contribution >= 0.6 is 12.4 Å². The zero-order valence-electron chi connectivity index (χ0n) is 8.93. The van der Waals surface area contributed by atoms with E-state index in [0.29, 0.717) is 6.54 Å². The van der Waals surface area contributed by atoms with Crippen molar-refractivity contribution in [3.05, 3.63) is 35.9 Å². The van der Waals surface area contributed by atoms with Gasteiger partial charge in [-0.05, 0) is 5.56 Å². The lowest BCUT2D eigenvalue weighted by atomic mass is 10.2. The van der Waals surface area contributed by atoms with Gasteiger partial charge in [-0.25, -0.2) is 4.79 Å². The molecule has 0 bridgehead atoms. The third kappa shape index (κ3) is 5.21. The summed E-state index contributed by atoms with van der Waals surface area (Å²) >= 11 is 0. The molecule has 0 unspecified atom stereocenters. The average Bonchev–Trinajstić information content (AvgIpc) is 2.27. The van der Waals surface area contributed by atoms with E-state index in [2.05, 4.69) is 15.6 Å². The molecule has 1 aromatic carbocycles. The summed E-state index contributed by atoms with van der Waals surface area (Å²) in [5.41, 5.74) is 6.35. The van der Waals surface area contributed by atoms with Crippen LogP contribution in [-0.2, 0) is 6.54 Å². The number of guanidine groups is 1. The van der Waals surface area contributed by atoms with Crippen LogP contribution in [0, 0.1) is 0 Å². The fourth-order valence-corrected chi connectivity index (χ4v) is 0.995. The van der Waals surface area contributed by atoms with E-state index in [-0.39, 0.29) is 24.4 Å². The van der Waals surface area contributed by atoms with Crippen molar-refractivity contribution in [1.29, 1.82) is 0 Å². The summed E-state index contributed by atoms with van der Waals surface area (Å²) in [5.74, 6) is 0.0977. The molecule has 0 fully saturated rings. The van der Waals surface area contributed by atoms with E-state index < -0.39 is 0 Å². The van der Waals surface area contributed by atoms with Gasteiger partial charge in [0.1, 0.15) is 0 Å². The van der Waals surface area contributed by atoms with Gasteiger partial charge in [-0.1, -0.05) is 30.3 Å². The molecule has 0 aliphatic heterocycles. The lowest BCUT2D eigenvalue weighted by Gasteiger charge is -2.06. The number of carbonyl (C=O) groups excluding carboxylic acids is 1. The molecule has 0 aliphatic carbocycles. The van der Waals surface area contributed by atoms with Crippen molar-refractivity contribution in [2.24, 2.45) is 10.7 Å². The largest absolute Gasteiger partial charge is 0.370 e. The Hall–Kier alpha value is -1.75. The van der Waals surface area contributed by atoms with Crippen LogP contribution in [0.5, 0.6) is 0 Å². The number of carbonyl (C=O) groups is 1. The van der Waals surface area contributed by atoms with Crippen LogP contribution in [0.15, 0.2) is 35.3 Å². The Morgan fingerprint density at radius 1 is 1.38 bits per heavy atom. The Balaban J connectivity index is 0.00000225. The molecule has 16 heavy (non-hydrogen) atoms. The van der Waals surface area contributed by atoms with Gasteiger partial charge in [-0.15, -0.1) is 12.4 Å². The molecule has 0 saturated heterocycles. The fraction of sp³-hybridized carbons (Fsp3) is 0.200. The van der Waals surface area contributed by atoms with Crippen LogP contribution in [0.2, 0.25) is 0 Å². The highest BCUT2D eigenvalue weighted by Crippen LogP contribution is 1.96. The topological polar surface area (TPSA) is 79.5 Å². The molecule has 0 spiro atoms. The molecule has 4 N–H and O–H groups in total. The van der Waals surface area contributed by atoms with Crippen molar-refractivity contribution in [3.8, 4) is 0 Å². The second-order valence-electron chi connectivity index (χ2n) is 2.90. The number of benzene rings is 1. The van der Waals surface area contributed by atoms with Gasteiger partial charge < -0.3 is 11.1 Å². The average molecular weight is 243 g/mol. The zero-order chi connectivity index (χ0) is 11.1. The van der Waals surface area contributed by atoms with E-state index >= 15 is 0 Å². The molecule has 0 aliphatic rings. The Labute approximate surface area is 101 Å². The van der Waals surface area contributed by atoms with Crippen molar-refractivity contribution < 1.29 is 4.79 Å². The predicted octanol–water partition coefficient (Wildman–Crippen LogP) is 0.852. The van der Waals surface area contributed by atoms with E-state index in [1.165, 1.54) is 7.05 Å². The third-order valence-corrected chi connectivity index (χ3v) is 1.78. The first-order chi connectivity index (χ1) is 7.22. The summed E-state index contributed by atoms with van der Waals surface area (Å²) in [5, 5.41) is 5.03. The summed E-state index contributed by atoms with van der Waals surface area (Å²) in [4.78, 5) is 14.8. The molecule has 2 amide bonds. The minimum absolute atomic E-state index is 0. The van der Waals surface area contributed by atoms with Crippen molar-refractivity contribution in [2.75, 3.05) is 7.05 Å². The normalized spacial score (nSPS) is 10.2. The monoisotopic (exact) mass is 242 g/mol. The van der Waals surface area contributed by atoms with E-state index in [4.69, 9.17) is 5.73 Å². The van der Waals surface area contributed by atoms with E-state index in [9.17, 15) is 4.79 Å². The lowest BCUT2D eigenvalue weighted by molar-refractivity contribution is 0.245. The Morgan fingerprint density at radius 2 is 2.00 bits per heavy atom. The highest BCUT2D eigenvalue weighted by molar-refractivity contribution is 5.95. The maximum absolute atomic E-state index is 11.2. The van der Waals surface area contributed by atoms with Gasteiger partial charge in [-0.3, -0.25) is 10.3 Å². The number of hydrogen-bond donors (Lipinski definition) is 3. The number of halogens is 1. The SMILES string of the molecule is CN=C(N)NC(=O)NCc1ccccc1.Cl. The van der Waals surface area contributed by atoms with Crippen molar-refractivity contribution >= 4 is 24.4 Å². The van der Waals surface area contributed by atoms with E-state index in [0.717, 1.165) is 5.56 Å². The van der Waals surface area contributed by atoms with Gasteiger partial charge in [0.05, 0.1) is 0 Å². The van der Waals surface area contributed by atoms with Gasteiger partial charge >= 0.3 is 6.03 Å². The summed E-state index contributed by atoms with van der Waals surface area (Å²) < 4.78 is 0. The predicted molar refractivity (Wildman–Crippen MR) is 66.6 cm³/mol. The number of amides is 2. The van der Waals surface area contributed by atoms with Crippen LogP contribution in [0.4, 0.5) is 4.79 Å². The quantitative estimate of drug-likeness (QED) is 0.531. The summed E-state index contributed by atoms with van der Waals surface area (Å²) in [6.07, 6.45) is 0. The van der Waals surface area contributed by atoms with Gasteiger partial charge in [0.25, 0.3) is 0 Å². The van der Waals surface area contributed by atoms with Crippen LogP contribution < -0.4 is 16.4 Å². The molecule has 6 heteroatoms. The number of hydrogen-bond acceptors (Lipinski definition) is 2. The first-order valence-corrected chi connectivity index (χ1v) is 4.53. The summed E-state index contributed by atoms with van der Waals surface area (Å²) in [7, 11) is 1.51. The van der Waals surface area contributed by atoms with Crippen LogP contribution in [0.3, 0.4) is 0 Å². The summed E-state index contributed by atoms with van der Waals surface area (Å²) in [6.45, 7) is 0.462. The maximum atomic E-state index is 11.2. The molecule has 1 aromatic rings. The molecular formula is C10H15ClN4O. The molecule has 1 rings (SSSR count). The maximum Gasteiger partial charge on any atom is 0.321 e. The first-order valence-electron chi connectivity index (χ1n) is 4.53. The van der Waals surface area contributed by atoms with Gasteiger partial charge in [-0.2, -0.15) is 0 Å². The number of rotatable bonds is 2. The van der Waals surface area contributed by atoms with Gasteiger partial charge in [0.15, 0.2) is 5.96 Å². The second-order valence-corrected chi connectivity index (χ2v) is 2.90. The molecule has 0 saturated carbocycles. The zero-order valence-corrected chi connectivity index (χ0v) is 9.75. The number of nitrogens with one attached hydrogen (secondary N) is 2. The number of nitrogens with two attached hydrogens (primary N) is 1. The number of urea groups is 1. The Morgan fingerprint density at radius 3 is 2.56 bits per heavy atom. The van der Waals surface area contributed by atoms with Gasteiger partial charge in [0.2, 0.25) is 0 Å². The summed E-state index contributed by atoms with van der Waals surface area (Å²) in [6, 6.07) is 9.25.